The number of aryl methyl sites for hydroxylation is 1. The second kappa shape index (κ2) is 9.67. The summed E-state index contributed by atoms with van der Waals surface area (Å²) in [6.45, 7) is 8.74. The van der Waals surface area contributed by atoms with Gasteiger partial charge >= 0.3 is 0 Å². The highest BCUT2D eigenvalue weighted by Crippen LogP contribution is 2.30. The second-order valence-electron chi connectivity index (χ2n) is 9.94. The van der Waals surface area contributed by atoms with Crippen LogP contribution in [0, 0.1) is 0 Å². The monoisotopic (exact) mass is 491 g/mol. The Bertz CT molecular complexity index is 1530. The molecule has 0 aliphatic heterocycles. The van der Waals surface area contributed by atoms with E-state index >= 15 is 0 Å². The van der Waals surface area contributed by atoms with E-state index in [1.54, 1.807) is 0 Å². The summed E-state index contributed by atoms with van der Waals surface area (Å²) in [4.78, 5) is 23.0. The molecule has 0 unspecified atom stereocenters. The van der Waals surface area contributed by atoms with Crippen LogP contribution < -0.4 is 5.32 Å². The Kier molecular flexibility index (Phi) is 6.42. The maximum atomic E-state index is 13.4. The molecule has 180 valence electrons. The summed E-state index contributed by atoms with van der Waals surface area (Å²) in [7, 11) is 0. The number of hydrogen-bond donors (Lipinski definition) is 1. The van der Waals surface area contributed by atoms with E-state index in [0.717, 1.165) is 39.8 Å². The van der Waals surface area contributed by atoms with Crippen molar-refractivity contribution in [1.82, 2.24) is 9.97 Å². The third-order valence-corrected chi connectivity index (χ3v) is 7.15. The first-order valence-corrected chi connectivity index (χ1v) is 13.1. The lowest BCUT2D eigenvalue weighted by Crippen LogP contribution is -2.13. The molecular weight excluding hydrogens is 462 g/mol. The Morgan fingerprint density at radius 1 is 0.861 bits per heavy atom. The number of pyridine rings is 1. The van der Waals surface area contributed by atoms with Gasteiger partial charge in [-0.1, -0.05) is 94.4 Å². The van der Waals surface area contributed by atoms with Gasteiger partial charge in [-0.2, -0.15) is 0 Å². The molecule has 0 bridgehead atoms. The zero-order chi connectivity index (χ0) is 25.3. The van der Waals surface area contributed by atoms with Crippen LogP contribution in [0.15, 0.2) is 84.2 Å². The number of benzene rings is 3. The predicted molar refractivity (Wildman–Crippen MR) is 151 cm³/mol. The fourth-order valence-electron chi connectivity index (χ4n) is 4.19. The van der Waals surface area contributed by atoms with Gasteiger partial charge in [0.05, 0.1) is 22.5 Å². The lowest BCUT2D eigenvalue weighted by atomic mass is 9.86. The molecule has 0 spiro atoms. The fraction of sp³-hybridized carbons (Fsp3) is 0.194. The summed E-state index contributed by atoms with van der Waals surface area (Å²) in [5.74, 6) is -0.191. The molecule has 0 atom stereocenters. The molecule has 2 heterocycles. The summed E-state index contributed by atoms with van der Waals surface area (Å²) in [5.41, 5.74) is 7.68. The van der Waals surface area contributed by atoms with Crippen molar-refractivity contribution in [2.75, 3.05) is 5.32 Å². The van der Waals surface area contributed by atoms with E-state index in [-0.39, 0.29) is 11.3 Å². The molecule has 36 heavy (non-hydrogen) atoms. The van der Waals surface area contributed by atoms with Crippen molar-refractivity contribution in [3.05, 3.63) is 101 Å². The van der Waals surface area contributed by atoms with Gasteiger partial charge < -0.3 is 0 Å². The van der Waals surface area contributed by atoms with Crippen molar-refractivity contribution >= 4 is 33.3 Å². The van der Waals surface area contributed by atoms with Crippen molar-refractivity contribution in [2.45, 2.75) is 39.5 Å². The summed E-state index contributed by atoms with van der Waals surface area (Å²) < 4.78 is 0. The number of nitrogens with zero attached hydrogens (tertiary/aromatic N) is 2. The second-order valence-corrected chi connectivity index (χ2v) is 10.8. The average Bonchev–Trinajstić information content (AvgIpc) is 3.36. The summed E-state index contributed by atoms with van der Waals surface area (Å²) >= 11 is 1.43. The molecule has 1 N–H and O–H groups in total. The van der Waals surface area contributed by atoms with E-state index in [0.29, 0.717) is 10.7 Å². The molecule has 0 aliphatic rings. The topological polar surface area (TPSA) is 54.9 Å². The standard InChI is InChI=1S/C31H29N3OS/c1-5-20-10-12-21(13-11-20)27-18-25(24-8-6-7-9-26(24)32-27)29(35)34-30-33-28(19-36-30)22-14-16-23(17-15-22)31(2,3)4/h6-19H,5H2,1-4H3,(H,33,34,35). The van der Waals surface area contributed by atoms with Crippen LogP contribution in [0.3, 0.4) is 0 Å². The van der Waals surface area contributed by atoms with Crippen molar-refractivity contribution in [3.63, 3.8) is 0 Å². The van der Waals surface area contributed by atoms with Crippen molar-refractivity contribution in [3.8, 4) is 22.5 Å². The van der Waals surface area contributed by atoms with Gasteiger partial charge in [0.2, 0.25) is 0 Å². The first kappa shape index (κ1) is 23.9. The quantitative estimate of drug-likeness (QED) is 0.270. The minimum absolute atomic E-state index is 0.101. The van der Waals surface area contributed by atoms with Crippen molar-refractivity contribution < 1.29 is 4.79 Å². The molecule has 2 aromatic heterocycles. The highest BCUT2D eigenvalue weighted by atomic mass is 32.1. The van der Waals surface area contributed by atoms with Crippen LogP contribution in [0.25, 0.3) is 33.4 Å². The number of aromatic nitrogens is 2. The van der Waals surface area contributed by atoms with Crippen LogP contribution in [0.1, 0.15) is 49.2 Å². The van der Waals surface area contributed by atoms with Gasteiger partial charge in [-0.3, -0.25) is 10.1 Å². The summed E-state index contributed by atoms with van der Waals surface area (Å²) in [6.07, 6.45) is 0.982. The number of hydrogen-bond acceptors (Lipinski definition) is 4. The number of carbonyl (C=O) groups is 1. The molecule has 0 radical (unpaired) electrons. The van der Waals surface area contributed by atoms with Gasteiger partial charge in [0.1, 0.15) is 0 Å². The van der Waals surface area contributed by atoms with E-state index < -0.39 is 0 Å². The van der Waals surface area contributed by atoms with E-state index in [4.69, 9.17) is 4.98 Å². The normalized spacial score (nSPS) is 11.6. The molecule has 1 amide bonds. The SMILES string of the molecule is CCc1ccc(-c2cc(C(=O)Nc3nc(-c4ccc(C(C)(C)C)cc4)cs3)c3ccccc3n2)cc1. The van der Waals surface area contributed by atoms with Crippen LogP contribution in [0.5, 0.6) is 0 Å². The van der Waals surface area contributed by atoms with Gasteiger partial charge in [0.25, 0.3) is 5.91 Å². The molecule has 5 rings (SSSR count). The average molecular weight is 492 g/mol. The Balaban J connectivity index is 1.44. The van der Waals surface area contributed by atoms with E-state index in [9.17, 15) is 4.79 Å². The molecule has 0 fully saturated rings. The molecule has 5 aromatic rings. The zero-order valence-electron chi connectivity index (χ0n) is 21.0. The smallest absolute Gasteiger partial charge is 0.258 e. The molecule has 5 heteroatoms. The van der Waals surface area contributed by atoms with E-state index in [1.807, 2.05) is 35.7 Å². The lowest BCUT2D eigenvalue weighted by molar-refractivity contribution is 0.102. The number of carbonyl (C=O) groups excluding carboxylic acids is 1. The number of nitrogens with one attached hydrogen (secondary N) is 1. The van der Waals surface area contributed by atoms with Gasteiger partial charge in [0.15, 0.2) is 5.13 Å². The van der Waals surface area contributed by atoms with Crippen LogP contribution in [0.2, 0.25) is 0 Å². The maximum absolute atomic E-state index is 13.4. The van der Waals surface area contributed by atoms with Crippen LogP contribution in [-0.4, -0.2) is 15.9 Å². The maximum Gasteiger partial charge on any atom is 0.258 e. The van der Waals surface area contributed by atoms with Gasteiger partial charge in [-0.05, 0) is 35.1 Å². The summed E-state index contributed by atoms with van der Waals surface area (Å²) in [5, 5.41) is 6.38. The highest BCUT2D eigenvalue weighted by molar-refractivity contribution is 7.14. The highest BCUT2D eigenvalue weighted by Gasteiger charge is 2.17. The Morgan fingerprint density at radius 2 is 1.53 bits per heavy atom. The molecule has 0 saturated carbocycles. The number of thiazole rings is 1. The Hall–Kier alpha value is -3.83. The minimum atomic E-state index is -0.191. The molecule has 4 nitrogen and oxygen atoms in total. The number of rotatable bonds is 5. The van der Waals surface area contributed by atoms with Crippen molar-refractivity contribution in [2.24, 2.45) is 0 Å². The number of fused-ring (bicyclic) bond motifs is 1. The predicted octanol–water partition coefficient (Wildman–Crippen LogP) is 8.14. The van der Waals surface area contributed by atoms with Gasteiger partial charge in [-0.25, -0.2) is 9.97 Å². The lowest BCUT2D eigenvalue weighted by Gasteiger charge is -2.18. The van der Waals surface area contributed by atoms with Gasteiger partial charge in [0, 0.05) is 21.9 Å². The van der Waals surface area contributed by atoms with Gasteiger partial charge in [-0.15, -0.1) is 11.3 Å². The number of para-hydroxylation sites is 1. The number of anilines is 1. The van der Waals surface area contributed by atoms with Crippen LogP contribution >= 0.6 is 11.3 Å². The van der Waals surface area contributed by atoms with Crippen LogP contribution in [0.4, 0.5) is 5.13 Å². The minimum Gasteiger partial charge on any atom is -0.298 e. The molecular formula is C31H29N3OS. The van der Waals surface area contributed by atoms with E-state index in [1.165, 1.54) is 22.5 Å². The summed E-state index contributed by atoms with van der Waals surface area (Å²) in [6, 6.07) is 26.4. The first-order chi connectivity index (χ1) is 17.3. The zero-order valence-corrected chi connectivity index (χ0v) is 21.8. The Morgan fingerprint density at radius 3 is 2.22 bits per heavy atom. The fourth-order valence-corrected chi connectivity index (χ4v) is 4.91. The Labute approximate surface area is 216 Å². The molecule has 0 saturated heterocycles. The molecule has 0 aliphatic carbocycles. The first-order valence-electron chi connectivity index (χ1n) is 12.2. The third-order valence-electron chi connectivity index (χ3n) is 6.39. The third kappa shape index (κ3) is 4.93. The van der Waals surface area contributed by atoms with Crippen LogP contribution in [-0.2, 0) is 11.8 Å². The van der Waals surface area contributed by atoms with Crippen molar-refractivity contribution in [1.29, 1.82) is 0 Å². The largest absolute Gasteiger partial charge is 0.298 e. The molecule has 3 aromatic carbocycles. The van der Waals surface area contributed by atoms with E-state index in [2.05, 4.69) is 86.5 Å². The number of amides is 1.